The molecule has 0 saturated carbocycles. The third-order valence-corrected chi connectivity index (χ3v) is 3.15. The summed E-state index contributed by atoms with van der Waals surface area (Å²) in [4.78, 5) is 11.7. The minimum Gasteiger partial charge on any atom is -0.259 e. The van der Waals surface area contributed by atoms with Crippen LogP contribution in [0.4, 0.5) is 0 Å². The molecule has 0 aliphatic heterocycles. The van der Waals surface area contributed by atoms with Crippen LogP contribution in [0.25, 0.3) is 16.5 Å². The maximum Gasteiger partial charge on any atom is 0.235 e. The van der Waals surface area contributed by atoms with Gasteiger partial charge in [-0.05, 0) is 17.7 Å². The number of thiophene rings is 1. The molecule has 0 spiro atoms. The van der Waals surface area contributed by atoms with Crippen LogP contribution in [0.2, 0.25) is 0 Å². The molecule has 0 aliphatic carbocycles. The second kappa shape index (κ2) is 4.72. The lowest BCUT2D eigenvalue weighted by atomic mass is 10.2. The summed E-state index contributed by atoms with van der Waals surface area (Å²) in [7, 11) is 0. The first kappa shape index (κ1) is 10.6. The quantitative estimate of drug-likeness (QED) is 0.597. The van der Waals surface area contributed by atoms with E-state index in [1.165, 1.54) is 17.4 Å². The first-order valence-electron chi connectivity index (χ1n) is 4.72. The predicted octanol–water partition coefficient (Wildman–Crippen LogP) is 3.66. The van der Waals surface area contributed by atoms with Crippen molar-refractivity contribution in [2.45, 2.75) is 0 Å². The van der Waals surface area contributed by atoms with Crippen LogP contribution in [0, 0.1) is 10.1 Å². The SMILES string of the molecule is O=[N+]([O-])/C=C/c1ccc(-c2ccccc2)s1. The molecule has 3 nitrogen and oxygen atoms in total. The van der Waals surface area contributed by atoms with Crippen LogP contribution in [0.1, 0.15) is 4.88 Å². The lowest BCUT2D eigenvalue weighted by Crippen LogP contribution is -1.80. The molecule has 2 rings (SSSR count). The summed E-state index contributed by atoms with van der Waals surface area (Å²) < 4.78 is 0. The molecule has 16 heavy (non-hydrogen) atoms. The van der Waals surface area contributed by atoms with Gasteiger partial charge in [-0.2, -0.15) is 0 Å². The Bertz CT molecular complexity index is 517. The van der Waals surface area contributed by atoms with Gasteiger partial charge in [-0.1, -0.05) is 30.3 Å². The van der Waals surface area contributed by atoms with E-state index in [4.69, 9.17) is 0 Å². The Hall–Kier alpha value is -1.94. The number of rotatable bonds is 3. The highest BCUT2D eigenvalue weighted by Gasteiger charge is 2.00. The molecule has 0 N–H and O–H groups in total. The predicted molar refractivity (Wildman–Crippen MR) is 65.8 cm³/mol. The first-order chi connectivity index (χ1) is 7.75. The Morgan fingerprint density at radius 3 is 2.56 bits per heavy atom. The van der Waals surface area contributed by atoms with E-state index in [1.807, 2.05) is 42.5 Å². The van der Waals surface area contributed by atoms with Crippen LogP contribution >= 0.6 is 11.3 Å². The molecule has 1 aromatic heterocycles. The highest BCUT2D eigenvalue weighted by molar-refractivity contribution is 7.16. The Morgan fingerprint density at radius 1 is 1.12 bits per heavy atom. The zero-order valence-electron chi connectivity index (χ0n) is 8.37. The third-order valence-electron chi connectivity index (χ3n) is 2.05. The van der Waals surface area contributed by atoms with Crippen molar-refractivity contribution in [2.24, 2.45) is 0 Å². The van der Waals surface area contributed by atoms with Gasteiger partial charge in [0.05, 0.1) is 4.92 Å². The van der Waals surface area contributed by atoms with Gasteiger partial charge in [0.25, 0.3) is 0 Å². The average molecular weight is 231 g/mol. The van der Waals surface area contributed by atoms with E-state index in [0.29, 0.717) is 0 Å². The van der Waals surface area contributed by atoms with Crippen LogP contribution in [0.3, 0.4) is 0 Å². The highest BCUT2D eigenvalue weighted by atomic mass is 32.1. The summed E-state index contributed by atoms with van der Waals surface area (Å²) in [5.41, 5.74) is 1.13. The van der Waals surface area contributed by atoms with Gasteiger partial charge in [0.15, 0.2) is 0 Å². The second-order valence-corrected chi connectivity index (χ2v) is 4.28. The smallest absolute Gasteiger partial charge is 0.235 e. The van der Waals surface area contributed by atoms with Crippen LogP contribution in [-0.2, 0) is 0 Å². The van der Waals surface area contributed by atoms with Crippen molar-refractivity contribution in [3.8, 4) is 10.4 Å². The molecule has 0 bridgehead atoms. The fourth-order valence-corrected chi connectivity index (χ4v) is 2.24. The average Bonchev–Trinajstić information content (AvgIpc) is 2.76. The molecule has 0 fully saturated rings. The molecule has 0 atom stereocenters. The summed E-state index contributed by atoms with van der Waals surface area (Å²) in [6, 6.07) is 13.8. The van der Waals surface area contributed by atoms with Gasteiger partial charge in [0, 0.05) is 15.8 Å². The zero-order valence-corrected chi connectivity index (χ0v) is 9.18. The van der Waals surface area contributed by atoms with E-state index in [0.717, 1.165) is 21.5 Å². The number of hydrogen-bond donors (Lipinski definition) is 0. The van der Waals surface area contributed by atoms with Crippen molar-refractivity contribution >= 4 is 17.4 Å². The van der Waals surface area contributed by atoms with E-state index in [1.54, 1.807) is 0 Å². The van der Waals surface area contributed by atoms with Gasteiger partial charge in [-0.3, -0.25) is 10.1 Å². The van der Waals surface area contributed by atoms with Crippen LogP contribution in [0.5, 0.6) is 0 Å². The first-order valence-corrected chi connectivity index (χ1v) is 5.54. The zero-order chi connectivity index (χ0) is 11.4. The van der Waals surface area contributed by atoms with Crippen molar-refractivity contribution in [3.05, 3.63) is 63.7 Å². The van der Waals surface area contributed by atoms with Gasteiger partial charge in [-0.15, -0.1) is 11.3 Å². The molecular weight excluding hydrogens is 222 g/mol. The number of benzene rings is 1. The minimum absolute atomic E-state index is 0.456. The lowest BCUT2D eigenvalue weighted by molar-refractivity contribution is -0.400. The number of hydrogen-bond acceptors (Lipinski definition) is 3. The van der Waals surface area contributed by atoms with Crippen LogP contribution in [-0.4, -0.2) is 4.92 Å². The summed E-state index contributed by atoms with van der Waals surface area (Å²) in [5.74, 6) is 0. The van der Waals surface area contributed by atoms with Crippen molar-refractivity contribution in [1.29, 1.82) is 0 Å². The summed E-state index contributed by atoms with van der Waals surface area (Å²) in [6.07, 6.45) is 2.47. The monoisotopic (exact) mass is 231 g/mol. The molecular formula is C12H9NO2S. The Morgan fingerprint density at radius 2 is 1.88 bits per heavy atom. The molecule has 0 aliphatic rings. The van der Waals surface area contributed by atoms with Gasteiger partial charge in [-0.25, -0.2) is 0 Å². The molecule has 0 amide bonds. The summed E-state index contributed by atoms with van der Waals surface area (Å²) in [5, 5.41) is 10.2. The van der Waals surface area contributed by atoms with Crippen LogP contribution in [0.15, 0.2) is 48.7 Å². The van der Waals surface area contributed by atoms with Crippen molar-refractivity contribution in [3.63, 3.8) is 0 Å². The van der Waals surface area contributed by atoms with Crippen molar-refractivity contribution < 1.29 is 4.92 Å². The molecule has 0 saturated heterocycles. The summed E-state index contributed by atoms with van der Waals surface area (Å²) in [6.45, 7) is 0. The molecule has 1 aromatic carbocycles. The van der Waals surface area contributed by atoms with E-state index < -0.39 is 4.92 Å². The Labute approximate surface area is 96.8 Å². The third kappa shape index (κ3) is 2.55. The molecule has 4 heteroatoms. The van der Waals surface area contributed by atoms with E-state index in [-0.39, 0.29) is 0 Å². The maximum absolute atomic E-state index is 10.2. The fraction of sp³-hybridized carbons (Fsp3) is 0. The van der Waals surface area contributed by atoms with Gasteiger partial charge in [0.2, 0.25) is 6.20 Å². The molecule has 80 valence electrons. The largest absolute Gasteiger partial charge is 0.259 e. The van der Waals surface area contributed by atoms with Crippen molar-refractivity contribution in [2.75, 3.05) is 0 Å². The highest BCUT2D eigenvalue weighted by Crippen LogP contribution is 2.28. The van der Waals surface area contributed by atoms with E-state index in [2.05, 4.69) is 0 Å². The lowest BCUT2D eigenvalue weighted by Gasteiger charge is -1.93. The number of nitrogens with zero attached hydrogens (tertiary/aromatic N) is 1. The Balaban J connectivity index is 2.23. The standard InChI is InChI=1S/C12H9NO2S/c14-13(15)9-8-11-6-7-12(16-11)10-4-2-1-3-5-10/h1-9H/b9-8+. The fourth-order valence-electron chi connectivity index (χ4n) is 1.33. The van der Waals surface area contributed by atoms with E-state index >= 15 is 0 Å². The van der Waals surface area contributed by atoms with Gasteiger partial charge in [0.1, 0.15) is 0 Å². The van der Waals surface area contributed by atoms with Crippen LogP contribution < -0.4 is 0 Å². The van der Waals surface area contributed by atoms with Gasteiger partial charge < -0.3 is 0 Å². The van der Waals surface area contributed by atoms with Crippen molar-refractivity contribution in [1.82, 2.24) is 0 Å². The Kier molecular flexibility index (Phi) is 3.12. The minimum atomic E-state index is -0.456. The summed E-state index contributed by atoms with van der Waals surface area (Å²) >= 11 is 1.54. The second-order valence-electron chi connectivity index (χ2n) is 3.17. The molecule has 0 radical (unpaired) electrons. The maximum atomic E-state index is 10.2. The molecule has 1 heterocycles. The van der Waals surface area contributed by atoms with Gasteiger partial charge >= 0.3 is 0 Å². The molecule has 2 aromatic rings. The topological polar surface area (TPSA) is 43.1 Å². The number of nitro groups is 1. The van der Waals surface area contributed by atoms with E-state index in [9.17, 15) is 10.1 Å². The molecule has 0 unspecified atom stereocenters. The normalized spacial score (nSPS) is 10.8.